The standard InChI is InChI=1S/C21H29F2N5O.HI/c1-4-24-21(27-15-17-9-7-8-10-18(17)29-20(22)23)26-14-16-11-12-19(25-13-16)28(5-2)6-3;/h7-13,20H,4-6,14-15H2,1-3H3,(H2,24,26,27);1H. The minimum Gasteiger partial charge on any atom is -0.434 e. The van der Waals surface area contributed by atoms with E-state index in [0.717, 1.165) is 24.5 Å². The lowest BCUT2D eigenvalue weighted by Crippen LogP contribution is -2.36. The minimum atomic E-state index is -2.86. The highest BCUT2D eigenvalue weighted by molar-refractivity contribution is 14.0. The lowest BCUT2D eigenvalue weighted by molar-refractivity contribution is -0.0504. The summed E-state index contributed by atoms with van der Waals surface area (Å²) in [6, 6.07) is 10.7. The van der Waals surface area contributed by atoms with Crippen LogP contribution in [0, 0.1) is 0 Å². The summed E-state index contributed by atoms with van der Waals surface area (Å²) in [5.41, 5.74) is 1.61. The SMILES string of the molecule is CCNC(=NCc1ccc(N(CC)CC)nc1)NCc1ccccc1OC(F)F.I. The molecule has 1 heterocycles. The van der Waals surface area contributed by atoms with E-state index in [2.05, 4.69) is 44.1 Å². The van der Waals surface area contributed by atoms with Gasteiger partial charge >= 0.3 is 6.61 Å². The van der Waals surface area contributed by atoms with Crippen LogP contribution in [0.15, 0.2) is 47.6 Å². The molecule has 6 nitrogen and oxygen atoms in total. The van der Waals surface area contributed by atoms with Crippen molar-refractivity contribution in [3.05, 3.63) is 53.7 Å². The van der Waals surface area contributed by atoms with E-state index in [1.54, 1.807) is 18.2 Å². The second-order valence-corrected chi connectivity index (χ2v) is 6.23. The Morgan fingerprint density at radius 1 is 1.10 bits per heavy atom. The van der Waals surface area contributed by atoms with Crippen molar-refractivity contribution in [2.24, 2.45) is 4.99 Å². The molecule has 2 rings (SSSR count). The monoisotopic (exact) mass is 533 g/mol. The third kappa shape index (κ3) is 8.29. The lowest BCUT2D eigenvalue weighted by atomic mass is 10.2. The van der Waals surface area contributed by atoms with E-state index < -0.39 is 6.61 Å². The fraction of sp³-hybridized carbons (Fsp3) is 0.429. The maximum Gasteiger partial charge on any atom is 0.387 e. The second-order valence-electron chi connectivity index (χ2n) is 6.23. The van der Waals surface area contributed by atoms with Gasteiger partial charge in [0, 0.05) is 37.9 Å². The van der Waals surface area contributed by atoms with Crippen LogP contribution in [0.25, 0.3) is 0 Å². The molecule has 0 fully saturated rings. The van der Waals surface area contributed by atoms with Gasteiger partial charge in [0.2, 0.25) is 0 Å². The highest BCUT2D eigenvalue weighted by Crippen LogP contribution is 2.20. The largest absolute Gasteiger partial charge is 0.434 e. The van der Waals surface area contributed by atoms with Crippen LogP contribution < -0.4 is 20.3 Å². The average Bonchev–Trinajstić information content (AvgIpc) is 2.72. The van der Waals surface area contributed by atoms with Gasteiger partial charge in [-0.25, -0.2) is 9.98 Å². The fourth-order valence-electron chi connectivity index (χ4n) is 2.80. The molecule has 0 bridgehead atoms. The van der Waals surface area contributed by atoms with Crippen molar-refractivity contribution < 1.29 is 13.5 Å². The van der Waals surface area contributed by atoms with E-state index in [-0.39, 0.29) is 29.7 Å². The number of guanidine groups is 1. The Labute approximate surface area is 194 Å². The Bertz CT molecular complexity index is 770. The first-order valence-corrected chi connectivity index (χ1v) is 9.82. The molecule has 0 spiro atoms. The summed E-state index contributed by atoms with van der Waals surface area (Å²) < 4.78 is 29.7. The van der Waals surface area contributed by atoms with Crippen molar-refractivity contribution in [1.82, 2.24) is 15.6 Å². The van der Waals surface area contributed by atoms with E-state index in [1.807, 2.05) is 25.3 Å². The molecule has 1 aromatic heterocycles. The summed E-state index contributed by atoms with van der Waals surface area (Å²) in [7, 11) is 0. The first-order chi connectivity index (χ1) is 14.1. The second kappa shape index (κ2) is 13.9. The maximum absolute atomic E-state index is 12.6. The minimum absolute atomic E-state index is 0. The number of aliphatic imine (C=N–C) groups is 1. The van der Waals surface area contributed by atoms with Crippen molar-refractivity contribution in [2.45, 2.75) is 40.5 Å². The summed E-state index contributed by atoms with van der Waals surface area (Å²) in [5, 5.41) is 6.31. The fourth-order valence-corrected chi connectivity index (χ4v) is 2.80. The van der Waals surface area contributed by atoms with Crippen LogP contribution in [0.4, 0.5) is 14.6 Å². The predicted octanol–water partition coefficient (Wildman–Crippen LogP) is 4.40. The van der Waals surface area contributed by atoms with Gasteiger partial charge in [-0.15, -0.1) is 24.0 Å². The number of hydrogen-bond donors (Lipinski definition) is 2. The quantitative estimate of drug-likeness (QED) is 0.270. The number of rotatable bonds is 10. The number of aromatic nitrogens is 1. The van der Waals surface area contributed by atoms with Crippen molar-refractivity contribution in [1.29, 1.82) is 0 Å². The molecule has 0 unspecified atom stereocenters. The van der Waals surface area contributed by atoms with Gasteiger partial charge in [0.1, 0.15) is 11.6 Å². The lowest BCUT2D eigenvalue weighted by Gasteiger charge is -2.19. The summed E-state index contributed by atoms with van der Waals surface area (Å²) in [6.45, 7) is 6.57. The Kier molecular flexibility index (Phi) is 12.0. The molecule has 30 heavy (non-hydrogen) atoms. The number of nitrogens with zero attached hydrogens (tertiary/aromatic N) is 3. The van der Waals surface area contributed by atoms with E-state index >= 15 is 0 Å². The summed E-state index contributed by atoms with van der Waals surface area (Å²) in [6.07, 6.45) is 1.83. The molecule has 0 radical (unpaired) electrons. The van der Waals surface area contributed by atoms with E-state index in [9.17, 15) is 8.78 Å². The third-order valence-corrected chi connectivity index (χ3v) is 4.30. The maximum atomic E-state index is 12.6. The van der Waals surface area contributed by atoms with Crippen LogP contribution in [0.5, 0.6) is 5.75 Å². The molecule has 0 aliphatic rings. The van der Waals surface area contributed by atoms with Crippen LogP contribution >= 0.6 is 24.0 Å². The van der Waals surface area contributed by atoms with E-state index in [1.165, 1.54) is 6.07 Å². The molecular weight excluding hydrogens is 503 g/mol. The first-order valence-electron chi connectivity index (χ1n) is 9.82. The van der Waals surface area contributed by atoms with Crippen molar-refractivity contribution >= 4 is 35.8 Å². The number of alkyl halides is 2. The molecule has 0 aliphatic heterocycles. The Hall–Kier alpha value is -2.17. The van der Waals surface area contributed by atoms with Gasteiger partial charge in [-0.05, 0) is 38.5 Å². The van der Waals surface area contributed by atoms with Crippen LogP contribution in [-0.2, 0) is 13.1 Å². The number of pyridine rings is 1. The number of ether oxygens (including phenoxy) is 1. The number of hydrogen-bond acceptors (Lipinski definition) is 4. The number of para-hydroxylation sites is 1. The Balaban J connectivity index is 0.00000450. The predicted molar refractivity (Wildman–Crippen MR) is 128 cm³/mol. The molecule has 0 atom stereocenters. The van der Waals surface area contributed by atoms with Gasteiger partial charge < -0.3 is 20.3 Å². The molecule has 1 aromatic carbocycles. The zero-order chi connectivity index (χ0) is 21.1. The van der Waals surface area contributed by atoms with Crippen LogP contribution in [0.2, 0.25) is 0 Å². The number of benzene rings is 1. The normalized spacial score (nSPS) is 11.1. The van der Waals surface area contributed by atoms with Crippen molar-refractivity contribution in [3.63, 3.8) is 0 Å². The molecular formula is C21H30F2IN5O. The van der Waals surface area contributed by atoms with Gasteiger partial charge in [-0.1, -0.05) is 24.3 Å². The zero-order valence-corrected chi connectivity index (χ0v) is 19.9. The van der Waals surface area contributed by atoms with Gasteiger partial charge in [-0.3, -0.25) is 0 Å². The van der Waals surface area contributed by atoms with Crippen molar-refractivity contribution in [3.8, 4) is 5.75 Å². The summed E-state index contributed by atoms with van der Waals surface area (Å²) in [5.74, 6) is 1.69. The highest BCUT2D eigenvalue weighted by Gasteiger charge is 2.09. The molecule has 2 N–H and O–H groups in total. The summed E-state index contributed by atoms with van der Waals surface area (Å²) in [4.78, 5) is 11.2. The zero-order valence-electron chi connectivity index (χ0n) is 17.6. The molecule has 0 amide bonds. The third-order valence-electron chi connectivity index (χ3n) is 4.30. The molecule has 0 aliphatic carbocycles. The summed E-state index contributed by atoms with van der Waals surface area (Å²) >= 11 is 0. The van der Waals surface area contributed by atoms with Gasteiger partial charge in [-0.2, -0.15) is 8.78 Å². The number of nitrogens with one attached hydrogen (secondary N) is 2. The Morgan fingerprint density at radius 2 is 1.83 bits per heavy atom. The smallest absolute Gasteiger partial charge is 0.387 e. The van der Waals surface area contributed by atoms with Gasteiger partial charge in [0.15, 0.2) is 5.96 Å². The van der Waals surface area contributed by atoms with Crippen LogP contribution in [0.1, 0.15) is 31.9 Å². The van der Waals surface area contributed by atoms with Crippen LogP contribution in [0.3, 0.4) is 0 Å². The van der Waals surface area contributed by atoms with Crippen LogP contribution in [-0.4, -0.2) is 37.2 Å². The number of halogens is 3. The average molecular weight is 533 g/mol. The first kappa shape index (κ1) is 25.9. The topological polar surface area (TPSA) is 61.8 Å². The number of anilines is 1. The van der Waals surface area contributed by atoms with E-state index in [4.69, 9.17) is 0 Å². The Morgan fingerprint density at radius 3 is 2.43 bits per heavy atom. The van der Waals surface area contributed by atoms with Gasteiger partial charge in [0.25, 0.3) is 0 Å². The molecule has 2 aromatic rings. The molecule has 0 saturated carbocycles. The highest BCUT2D eigenvalue weighted by atomic mass is 127. The molecule has 0 saturated heterocycles. The van der Waals surface area contributed by atoms with Gasteiger partial charge in [0.05, 0.1) is 6.54 Å². The van der Waals surface area contributed by atoms with Crippen molar-refractivity contribution in [2.75, 3.05) is 24.5 Å². The molecule has 166 valence electrons. The molecule has 9 heteroatoms. The van der Waals surface area contributed by atoms with E-state index in [0.29, 0.717) is 31.2 Å².